The van der Waals surface area contributed by atoms with E-state index in [0.717, 1.165) is 38.7 Å². The Kier molecular flexibility index (Phi) is 8.10. The summed E-state index contributed by atoms with van der Waals surface area (Å²) in [5.74, 6) is -0.735. The van der Waals surface area contributed by atoms with Crippen LogP contribution in [0.5, 0.6) is 5.75 Å². The minimum absolute atomic E-state index is 0.0122. The SMILES string of the molecule is CCCCCn1nc(C(=O)NNC(=O)c2ccccc2OCC2CCCO2)c2ccccc2c1=O. The molecule has 0 bridgehead atoms. The number of aromatic nitrogens is 2. The average Bonchev–Trinajstić information content (AvgIpc) is 3.41. The largest absolute Gasteiger partial charge is 0.490 e. The summed E-state index contributed by atoms with van der Waals surface area (Å²) in [6, 6.07) is 13.6. The predicted molar refractivity (Wildman–Crippen MR) is 131 cm³/mol. The summed E-state index contributed by atoms with van der Waals surface area (Å²) in [7, 11) is 0. The topological polar surface area (TPSA) is 112 Å². The highest BCUT2D eigenvalue weighted by Crippen LogP contribution is 2.20. The van der Waals surface area contributed by atoms with Gasteiger partial charge in [-0.15, -0.1) is 0 Å². The van der Waals surface area contributed by atoms with Crippen molar-refractivity contribution in [1.82, 2.24) is 20.6 Å². The molecule has 1 atom stereocenters. The Labute approximate surface area is 203 Å². The van der Waals surface area contributed by atoms with Crippen LogP contribution in [0.15, 0.2) is 53.3 Å². The maximum Gasteiger partial charge on any atom is 0.290 e. The normalized spacial score (nSPS) is 15.2. The van der Waals surface area contributed by atoms with Crippen LogP contribution >= 0.6 is 0 Å². The molecule has 1 aliphatic heterocycles. The van der Waals surface area contributed by atoms with Gasteiger partial charge in [-0.3, -0.25) is 25.2 Å². The van der Waals surface area contributed by atoms with Crippen molar-refractivity contribution in [1.29, 1.82) is 0 Å². The van der Waals surface area contributed by atoms with Gasteiger partial charge in [0.1, 0.15) is 12.4 Å². The van der Waals surface area contributed by atoms with Crippen LogP contribution in [0.2, 0.25) is 0 Å². The van der Waals surface area contributed by atoms with Gasteiger partial charge in [-0.05, 0) is 37.5 Å². The van der Waals surface area contributed by atoms with Crippen molar-refractivity contribution < 1.29 is 19.1 Å². The zero-order valence-electron chi connectivity index (χ0n) is 19.8. The fourth-order valence-corrected chi connectivity index (χ4v) is 4.04. The molecule has 0 aliphatic carbocycles. The monoisotopic (exact) mass is 478 g/mol. The summed E-state index contributed by atoms with van der Waals surface area (Å²) < 4.78 is 12.7. The Morgan fingerprint density at radius 3 is 2.57 bits per heavy atom. The molecular weight excluding hydrogens is 448 g/mol. The van der Waals surface area contributed by atoms with E-state index in [1.165, 1.54) is 4.68 Å². The van der Waals surface area contributed by atoms with Gasteiger partial charge in [-0.1, -0.05) is 50.1 Å². The Balaban J connectivity index is 1.48. The molecule has 35 heavy (non-hydrogen) atoms. The van der Waals surface area contributed by atoms with Gasteiger partial charge >= 0.3 is 0 Å². The number of hydrazine groups is 1. The van der Waals surface area contributed by atoms with E-state index < -0.39 is 11.8 Å². The Morgan fingerprint density at radius 2 is 1.80 bits per heavy atom. The summed E-state index contributed by atoms with van der Waals surface area (Å²) in [5, 5.41) is 5.15. The number of hydrogen-bond donors (Lipinski definition) is 2. The van der Waals surface area contributed by atoms with Crippen LogP contribution < -0.4 is 21.1 Å². The molecule has 4 rings (SSSR count). The van der Waals surface area contributed by atoms with Crippen LogP contribution in [0, 0.1) is 0 Å². The molecule has 1 aromatic heterocycles. The molecule has 1 saturated heterocycles. The first-order chi connectivity index (χ1) is 17.1. The first-order valence-electron chi connectivity index (χ1n) is 12.0. The number of ether oxygens (including phenoxy) is 2. The highest BCUT2D eigenvalue weighted by molar-refractivity contribution is 6.06. The highest BCUT2D eigenvalue weighted by Gasteiger charge is 2.20. The van der Waals surface area contributed by atoms with Crippen molar-refractivity contribution in [2.45, 2.75) is 51.7 Å². The Bertz CT molecular complexity index is 1250. The van der Waals surface area contributed by atoms with E-state index in [2.05, 4.69) is 22.9 Å². The quantitative estimate of drug-likeness (QED) is 0.361. The highest BCUT2D eigenvalue weighted by atomic mass is 16.5. The summed E-state index contributed by atoms with van der Waals surface area (Å²) in [6.07, 6.45) is 4.66. The lowest BCUT2D eigenvalue weighted by Crippen LogP contribution is -2.43. The third-order valence-corrected chi connectivity index (χ3v) is 5.93. The van der Waals surface area contributed by atoms with Crippen LogP contribution in [0.4, 0.5) is 0 Å². The van der Waals surface area contributed by atoms with Crippen molar-refractivity contribution >= 4 is 22.6 Å². The number of rotatable bonds is 9. The molecule has 1 fully saturated rings. The zero-order valence-corrected chi connectivity index (χ0v) is 19.8. The number of carbonyl (C=O) groups is 2. The van der Waals surface area contributed by atoms with Gasteiger partial charge in [0.25, 0.3) is 17.4 Å². The lowest BCUT2D eigenvalue weighted by molar-refractivity contribution is 0.0669. The second-order valence-corrected chi connectivity index (χ2v) is 8.48. The van der Waals surface area contributed by atoms with E-state index in [0.29, 0.717) is 29.7 Å². The van der Waals surface area contributed by atoms with E-state index in [1.807, 2.05) is 0 Å². The minimum Gasteiger partial charge on any atom is -0.490 e. The lowest BCUT2D eigenvalue weighted by atomic mass is 10.1. The molecule has 1 unspecified atom stereocenters. The molecule has 0 spiro atoms. The lowest BCUT2D eigenvalue weighted by Gasteiger charge is -2.15. The molecule has 0 radical (unpaired) electrons. The molecule has 1 aliphatic rings. The number of hydrogen-bond acceptors (Lipinski definition) is 6. The van der Waals surface area contributed by atoms with Crippen molar-refractivity contribution in [2.75, 3.05) is 13.2 Å². The minimum atomic E-state index is -0.614. The first-order valence-corrected chi connectivity index (χ1v) is 12.0. The van der Waals surface area contributed by atoms with Crippen LogP contribution in [-0.4, -0.2) is 40.9 Å². The van der Waals surface area contributed by atoms with E-state index in [-0.39, 0.29) is 22.9 Å². The second kappa shape index (κ2) is 11.6. The summed E-state index contributed by atoms with van der Waals surface area (Å²) in [6.45, 7) is 3.56. The summed E-state index contributed by atoms with van der Waals surface area (Å²) in [4.78, 5) is 38.7. The predicted octanol–water partition coefficient (Wildman–Crippen LogP) is 3.22. The number of aryl methyl sites for hydroxylation is 1. The van der Waals surface area contributed by atoms with Gasteiger partial charge in [0, 0.05) is 18.5 Å². The molecule has 2 heterocycles. The summed E-state index contributed by atoms with van der Waals surface area (Å²) >= 11 is 0. The van der Waals surface area contributed by atoms with E-state index in [1.54, 1.807) is 48.5 Å². The van der Waals surface area contributed by atoms with Crippen LogP contribution in [-0.2, 0) is 11.3 Å². The number of nitrogens with one attached hydrogen (secondary N) is 2. The smallest absolute Gasteiger partial charge is 0.290 e. The maximum atomic E-state index is 13.0. The third-order valence-electron chi connectivity index (χ3n) is 5.93. The zero-order chi connectivity index (χ0) is 24.6. The van der Waals surface area contributed by atoms with Crippen molar-refractivity contribution in [3.63, 3.8) is 0 Å². The molecule has 9 nitrogen and oxygen atoms in total. The van der Waals surface area contributed by atoms with Gasteiger partial charge < -0.3 is 9.47 Å². The van der Waals surface area contributed by atoms with Gasteiger partial charge in [0.15, 0.2) is 5.69 Å². The number of fused-ring (bicyclic) bond motifs is 1. The van der Waals surface area contributed by atoms with Crippen LogP contribution in [0.1, 0.15) is 59.9 Å². The average molecular weight is 479 g/mol. The molecule has 0 saturated carbocycles. The van der Waals surface area contributed by atoms with Crippen molar-refractivity contribution in [3.8, 4) is 5.75 Å². The summed E-state index contributed by atoms with van der Waals surface area (Å²) in [5.41, 5.74) is 4.98. The molecular formula is C26H30N4O5. The standard InChI is InChI=1S/C26H30N4O5/c1-2-3-8-15-30-26(33)20-12-5-4-11-19(20)23(29-30)25(32)28-27-24(31)21-13-6-7-14-22(21)35-17-18-10-9-16-34-18/h4-7,11-14,18H,2-3,8-10,15-17H2,1H3,(H,27,31)(H,28,32). The van der Waals surface area contributed by atoms with Crippen molar-refractivity contribution in [3.05, 3.63) is 70.1 Å². The van der Waals surface area contributed by atoms with Gasteiger partial charge in [-0.2, -0.15) is 5.10 Å². The number of nitrogens with zero attached hydrogens (tertiary/aromatic N) is 2. The van der Waals surface area contributed by atoms with Crippen LogP contribution in [0.3, 0.4) is 0 Å². The number of para-hydroxylation sites is 1. The number of benzene rings is 2. The third kappa shape index (κ3) is 5.86. The Morgan fingerprint density at radius 1 is 1.06 bits per heavy atom. The fourth-order valence-electron chi connectivity index (χ4n) is 4.04. The number of carbonyl (C=O) groups excluding carboxylic acids is 2. The van der Waals surface area contributed by atoms with Crippen molar-refractivity contribution in [2.24, 2.45) is 0 Å². The van der Waals surface area contributed by atoms with Gasteiger partial charge in [0.2, 0.25) is 0 Å². The molecule has 9 heteroatoms. The van der Waals surface area contributed by atoms with Gasteiger partial charge in [-0.25, -0.2) is 4.68 Å². The molecule has 2 amide bonds. The van der Waals surface area contributed by atoms with E-state index >= 15 is 0 Å². The molecule has 2 N–H and O–H groups in total. The molecule has 2 aromatic carbocycles. The number of unbranched alkanes of at least 4 members (excludes halogenated alkanes) is 2. The first kappa shape index (κ1) is 24.4. The maximum absolute atomic E-state index is 13.0. The van der Waals surface area contributed by atoms with E-state index in [9.17, 15) is 14.4 Å². The van der Waals surface area contributed by atoms with Gasteiger partial charge in [0.05, 0.1) is 17.1 Å². The fraction of sp³-hybridized carbons (Fsp3) is 0.385. The second-order valence-electron chi connectivity index (χ2n) is 8.48. The Hall–Kier alpha value is -3.72. The molecule has 184 valence electrons. The van der Waals surface area contributed by atoms with E-state index in [4.69, 9.17) is 9.47 Å². The molecule has 3 aromatic rings. The van der Waals surface area contributed by atoms with Crippen LogP contribution in [0.25, 0.3) is 10.8 Å². The number of amides is 2.